The molecule has 7 unspecified atom stereocenters. The van der Waals surface area contributed by atoms with E-state index in [1.807, 2.05) is 0 Å². The van der Waals surface area contributed by atoms with Crippen molar-refractivity contribution in [2.45, 2.75) is 64.4 Å². The molecule has 0 radical (unpaired) electrons. The zero-order valence-corrected chi connectivity index (χ0v) is 16.4. The number of nitrogens with one attached hydrogen (secondary N) is 2. The van der Waals surface area contributed by atoms with Gasteiger partial charge in [0.2, 0.25) is 0 Å². The summed E-state index contributed by atoms with van der Waals surface area (Å²) in [5, 5.41) is 20.9. The SMILES string of the molecule is CC12CCC3C4CCC(O)CC4=CCC3C1CCC2C(=O)CN/N=C\C=N. The molecule has 5 nitrogen and oxygen atoms in total. The zero-order chi connectivity index (χ0) is 19.0. The lowest BCUT2D eigenvalue weighted by Crippen LogP contribution is -2.48. The summed E-state index contributed by atoms with van der Waals surface area (Å²) in [6, 6.07) is 0. The van der Waals surface area contributed by atoms with Crippen LogP contribution in [0.4, 0.5) is 0 Å². The standard InChI is InChI=1S/C22H33N3O2/c1-22-9-8-17-16-5-3-15(26)12-14(16)2-4-18(17)19(22)6-7-20(22)21(27)13-25-24-11-10-23/h2,10-11,15-20,23,25-26H,3-9,12-13H2,1H3/b23-10?,24-11-. The average molecular weight is 372 g/mol. The van der Waals surface area contributed by atoms with E-state index >= 15 is 0 Å². The van der Waals surface area contributed by atoms with Crippen molar-refractivity contribution in [3.05, 3.63) is 11.6 Å². The van der Waals surface area contributed by atoms with Gasteiger partial charge in [-0.2, -0.15) is 5.10 Å². The lowest BCUT2D eigenvalue weighted by Gasteiger charge is -2.53. The van der Waals surface area contributed by atoms with Crippen LogP contribution in [-0.4, -0.2) is 36.0 Å². The molecular weight excluding hydrogens is 338 g/mol. The highest BCUT2D eigenvalue weighted by molar-refractivity contribution is 6.14. The third-order valence-corrected chi connectivity index (χ3v) is 8.30. The zero-order valence-electron chi connectivity index (χ0n) is 16.4. The van der Waals surface area contributed by atoms with Gasteiger partial charge in [0.1, 0.15) is 0 Å². The minimum absolute atomic E-state index is 0.130. The maximum absolute atomic E-state index is 12.9. The Balaban J connectivity index is 1.47. The van der Waals surface area contributed by atoms with Crippen molar-refractivity contribution < 1.29 is 9.90 Å². The van der Waals surface area contributed by atoms with Crippen LogP contribution in [0.25, 0.3) is 0 Å². The van der Waals surface area contributed by atoms with Gasteiger partial charge in [-0.05, 0) is 80.5 Å². The van der Waals surface area contributed by atoms with Crippen molar-refractivity contribution in [2.75, 3.05) is 6.54 Å². The first kappa shape index (κ1) is 18.9. The van der Waals surface area contributed by atoms with Crippen molar-refractivity contribution in [1.82, 2.24) is 5.43 Å². The number of nitrogens with zero attached hydrogens (tertiary/aromatic N) is 1. The van der Waals surface area contributed by atoms with Crippen LogP contribution >= 0.6 is 0 Å². The number of hydrogen-bond donors (Lipinski definition) is 3. The lowest BCUT2D eigenvalue weighted by atomic mass is 9.51. The summed E-state index contributed by atoms with van der Waals surface area (Å²) in [5.41, 5.74) is 4.46. The molecule has 5 heteroatoms. The second-order valence-electron chi connectivity index (χ2n) is 9.41. The molecule has 0 aromatic rings. The predicted molar refractivity (Wildman–Crippen MR) is 107 cm³/mol. The number of aliphatic hydroxyl groups excluding tert-OH is 1. The summed E-state index contributed by atoms with van der Waals surface area (Å²) in [6.07, 6.45) is 13.5. The molecule has 0 aromatic carbocycles. The Morgan fingerprint density at radius 1 is 1.33 bits per heavy atom. The summed E-state index contributed by atoms with van der Waals surface area (Å²) in [6.45, 7) is 2.64. The summed E-state index contributed by atoms with van der Waals surface area (Å²) in [5.74, 6) is 3.25. The highest BCUT2D eigenvalue weighted by Gasteiger charge is 2.57. The fourth-order valence-electron chi connectivity index (χ4n) is 7.12. The van der Waals surface area contributed by atoms with Gasteiger partial charge >= 0.3 is 0 Å². The Bertz CT molecular complexity index is 658. The van der Waals surface area contributed by atoms with E-state index in [-0.39, 0.29) is 29.8 Å². The second-order valence-corrected chi connectivity index (χ2v) is 9.41. The monoisotopic (exact) mass is 371 g/mol. The number of Topliss-reactive ketones (excluding diaryl/α,β-unsaturated/α-hetero) is 1. The first-order valence-electron chi connectivity index (χ1n) is 10.7. The van der Waals surface area contributed by atoms with Crippen molar-refractivity contribution in [3.8, 4) is 0 Å². The number of carbonyl (C=O) groups excluding carboxylic acids is 1. The first-order chi connectivity index (χ1) is 13.0. The maximum atomic E-state index is 12.9. The lowest BCUT2D eigenvalue weighted by molar-refractivity contribution is -0.128. The van der Waals surface area contributed by atoms with Gasteiger partial charge in [0.15, 0.2) is 5.78 Å². The predicted octanol–water partition coefficient (Wildman–Crippen LogP) is 3.33. The molecule has 0 bridgehead atoms. The molecule has 3 saturated carbocycles. The molecule has 4 rings (SSSR count). The molecular formula is C22H33N3O2. The second kappa shape index (κ2) is 7.50. The Labute approximate surface area is 162 Å². The van der Waals surface area contributed by atoms with E-state index in [4.69, 9.17) is 5.41 Å². The first-order valence-corrected chi connectivity index (χ1v) is 10.7. The number of allylic oxidation sites excluding steroid dienone is 1. The molecule has 0 aromatic heterocycles. The molecule has 0 heterocycles. The van der Waals surface area contributed by atoms with E-state index in [1.165, 1.54) is 24.6 Å². The summed E-state index contributed by atoms with van der Waals surface area (Å²) >= 11 is 0. The number of hydrogen-bond acceptors (Lipinski definition) is 5. The van der Waals surface area contributed by atoms with Gasteiger partial charge in [-0.1, -0.05) is 18.6 Å². The maximum Gasteiger partial charge on any atom is 0.157 e. The molecule has 7 atom stereocenters. The van der Waals surface area contributed by atoms with E-state index in [0.717, 1.165) is 56.6 Å². The quantitative estimate of drug-likeness (QED) is 0.394. The van der Waals surface area contributed by atoms with Crippen molar-refractivity contribution in [3.63, 3.8) is 0 Å². The van der Waals surface area contributed by atoms with Gasteiger partial charge in [0.25, 0.3) is 0 Å². The Morgan fingerprint density at radius 2 is 2.19 bits per heavy atom. The molecule has 0 amide bonds. The highest BCUT2D eigenvalue weighted by Crippen LogP contribution is 2.63. The highest BCUT2D eigenvalue weighted by atomic mass is 16.3. The van der Waals surface area contributed by atoms with E-state index in [2.05, 4.69) is 23.5 Å². The Hall–Kier alpha value is -1.49. The van der Waals surface area contributed by atoms with E-state index < -0.39 is 0 Å². The van der Waals surface area contributed by atoms with Crippen LogP contribution in [0.2, 0.25) is 0 Å². The normalized spacial score (nSPS) is 43.4. The van der Waals surface area contributed by atoms with E-state index in [9.17, 15) is 9.90 Å². The number of carbonyl (C=O) groups is 1. The van der Waals surface area contributed by atoms with E-state index in [0.29, 0.717) is 11.8 Å². The summed E-state index contributed by atoms with van der Waals surface area (Å²) in [4.78, 5) is 12.9. The summed E-state index contributed by atoms with van der Waals surface area (Å²) in [7, 11) is 0. The number of hydrazone groups is 1. The fraction of sp³-hybridized carbons (Fsp3) is 0.773. The molecule has 4 aliphatic rings. The Kier molecular flexibility index (Phi) is 5.23. The Morgan fingerprint density at radius 3 is 3.00 bits per heavy atom. The summed E-state index contributed by atoms with van der Waals surface area (Å²) < 4.78 is 0. The average Bonchev–Trinajstić information content (AvgIpc) is 3.02. The molecule has 3 N–H and O–H groups in total. The van der Waals surface area contributed by atoms with Gasteiger partial charge in [-0.3, -0.25) is 4.79 Å². The molecule has 4 aliphatic carbocycles. The van der Waals surface area contributed by atoms with Gasteiger partial charge in [-0.15, -0.1) is 0 Å². The van der Waals surface area contributed by atoms with Crippen LogP contribution in [0.15, 0.2) is 16.8 Å². The van der Waals surface area contributed by atoms with Gasteiger partial charge in [0, 0.05) is 12.1 Å². The van der Waals surface area contributed by atoms with Gasteiger partial charge < -0.3 is 15.9 Å². The number of rotatable bonds is 5. The third-order valence-electron chi connectivity index (χ3n) is 8.30. The molecule has 27 heavy (non-hydrogen) atoms. The van der Waals surface area contributed by atoms with Gasteiger partial charge in [0.05, 0.1) is 18.9 Å². The smallest absolute Gasteiger partial charge is 0.157 e. The van der Waals surface area contributed by atoms with Crippen LogP contribution in [0.5, 0.6) is 0 Å². The fourth-order valence-corrected chi connectivity index (χ4v) is 7.12. The van der Waals surface area contributed by atoms with Crippen molar-refractivity contribution in [2.24, 2.45) is 40.1 Å². The van der Waals surface area contributed by atoms with E-state index in [1.54, 1.807) is 0 Å². The number of fused-ring (bicyclic) bond motifs is 5. The molecule has 148 valence electrons. The minimum Gasteiger partial charge on any atom is -0.393 e. The van der Waals surface area contributed by atoms with Crippen LogP contribution in [0, 0.1) is 40.4 Å². The molecule has 0 saturated heterocycles. The number of aliphatic hydroxyl groups is 1. The molecule has 0 spiro atoms. The topological polar surface area (TPSA) is 85.5 Å². The van der Waals surface area contributed by atoms with Crippen molar-refractivity contribution >= 4 is 18.2 Å². The molecule has 3 fully saturated rings. The largest absolute Gasteiger partial charge is 0.393 e. The van der Waals surface area contributed by atoms with Crippen LogP contribution in [0.3, 0.4) is 0 Å². The molecule has 0 aliphatic heterocycles. The van der Waals surface area contributed by atoms with Gasteiger partial charge in [-0.25, -0.2) is 0 Å². The van der Waals surface area contributed by atoms with Crippen molar-refractivity contribution in [1.29, 1.82) is 5.41 Å². The number of ketones is 1. The van der Waals surface area contributed by atoms with Crippen LogP contribution < -0.4 is 5.43 Å². The minimum atomic E-state index is -0.130. The van der Waals surface area contributed by atoms with Crippen LogP contribution in [-0.2, 0) is 4.79 Å². The third kappa shape index (κ3) is 3.28. The van der Waals surface area contributed by atoms with Crippen LogP contribution in [0.1, 0.15) is 58.3 Å².